The summed E-state index contributed by atoms with van der Waals surface area (Å²) in [5.74, 6) is 0. The van der Waals surface area contributed by atoms with Crippen LogP contribution >= 0.6 is 23.2 Å². The zero-order chi connectivity index (χ0) is 15.3. The van der Waals surface area contributed by atoms with E-state index >= 15 is 0 Å². The highest BCUT2D eigenvalue weighted by Crippen LogP contribution is 2.35. The first-order chi connectivity index (χ1) is 10.1. The molecule has 3 heteroatoms. The van der Waals surface area contributed by atoms with E-state index in [1.54, 1.807) is 0 Å². The Hall–Kier alpha value is -0.240. The summed E-state index contributed by atoms with van der Waals surface area (Å²) in [6.45, 7) is 5.71. The molecule has 1 fully saturated rings. The molecule has 1 unspecified atom stereocenters. The fourth-order valence-electron chi connectivity index (χ4n) is 2.95. The second kappa shape index (κ2) is 7.85. The van der Waals surface area contributed by atoms with Crippen molar-refractivity contribution in [2.45, 2.75) is 64.8 Å². The molecule has 1 N–H and O–H groups in total. The highest BCUT2D eigenvalue weighted by molar-refractivity contribution is 6.42. The summed E-state index contributed by atoms with van der Waals surface area (Å²) in [5, 5.41) is 5.06. The van der Waals surface area contributed by atoms with Crippen LogP contribution in [0.15, 0.2) is 18.2 Å². The third-order valence-electron chi connectivity index (χ3n) is 4.72. The molecule has 1 nitrogen and oxygen atoms in total. The van der Waals surface area contributed by atoms with Crippen LogP contribution in [-0.2, 0) is 6.42 Å². The molecule has 21 heavy (non-hydrogen) atoms. The Balaban J connectivity index is 2.09. The van der Waals surface area contributed by atoms with Crippen molar-refractivity contribution in [3.8, 4) is 0 Å². The van der Waals surface area contributed by atoms with Gasteiger partial charge in [-0.2, -0.15) is 0 Å². The number of hydrogen-bond donors (Lipinski definition) is 1. The minimum atomic E-state index is 0.343. The lowest BCUT2D eigenvalue weighted by Crippen LogP contribution is -2.37. The standard InChI is InChI=1S/C18H27Cl2N/c1-3-5-10-18(4-2,13-21-15-7-8-15)12-14-6-9-16(19)17(20)11-14/h6,9,11,15,21H,3-5,7-8,10,12-13H2,1-2H3. The highest BCUT2D eigenvalue weighted by Gasteiger charge is 2.31. The van der Waals surface area contributed by atoms with Gasteiger partial charge in [-0.15, -0.1) is 0 Å². The summed E-state index contributed by atoms with van der Waals surface area (Å²) >= 11 is 12.2. The molecule has 0 amide bonds. The van der Waals surface area contributed by atoms with Crippen LogP contribution in [-0.4, -0.2) is 12.6 Å². The first-order valence-electron chi connectivity index (χ1n) is 8.26. The van der Waals surface area contributed by atoms with Crippen LogP contribution in [0.3, 0.4) is 0 Å². The van der Waals surface area contributed by atoms with Crippen molar-refractivity contribution in [2.75, 3.05) is 6.54 Å². The third kappa shape index (κ3) is 5.16. The molecule has 0 aliphatic heterocycles. The van der Waals surface area contributed by atoms with Crippen LogP contribution < -0.4 is 5.32 Å². The van der Waals surface area contributed by atoms with Crippen molar-refractivity contribution in [1.29, 1.82) is 0 Å². The van der Waals surface area contributed by atoms with Gasteiger partial charge in [-0.1, -0.05) is 56.0 Å². The molecular weight excluding hydrogens is 301 g/mol. The fraction of sp³-hybridized carbons (Fsp3) is 0.667. The van der Waals surface area contributed by atoms with Gasteiger partial charge in [-0.25, -0.2) is 0 Å². The van der Waals surface area contributed by atoms with Crippen molar-refractivity contribution in [2.24, 2.45) is 5.41 Å². The summed E-state index contributed by atoms with van der Waals surface area (Å²) in [5.41, 5.74) is 1.65. The number of rotatable bonds is 9. The summed E-state index contributed by atoms with van der Waals surface area (Å²) < 4.78 is 0. The predicted molar refractivity (Wildman–Crippen MR) is 93.4 cm³/mol. The van der Waals surface area contributed by atoms with Gasteiger partial charge >= 0.3 is 0 Å². The molecule has 1 aromatic rings. The Kier molecular flexibility index (Phi) is 6.40. The lowest BCUT2D eigenvalue weighted by Gasteiger charge is -2.34. The second-order valence-electron chi connectivity index (χ2n) is 6.54. The van der Waals surface area contributed by atoms with Crippen LogP contribution in [0.4, 0.5) is 0 Å². The number of hydrogen-bond acceptors (Lipinski definition) is 1. The monoisotopic (exact) mass is 327 g/mol. The van der Waals surface area contributed by atoms with E-state index in [0.717, 1.165) is 19.0 Å². The zero-order valence-electron chi connectivity index (χ0n) is 13.2. The zero-order valence-corrected chi connectivity index (χ0v) is 14.7. The SMILES string of the molecule is CCCCC(CC)(CNC1CC1)Cc1ccc(Cl)c(Cl)c1. The number of benzene rings is 1. The fourth-order valence-corrected chi connectivity index (χ4v) is 3.27. The van der Waals surface area contributed by atoms with E-state index in [4.69, 9.17) is 23.2 Å². The highest BCUT2D eigenvalue weighted by atomic mass is 35.5. The second-order valence-corrected chi connectivity index (χ2v) is 7.35. The number of unbranched alkanes of at least 4 members (excludes halogenated alkanes) is 1. The van der Waals surface area contributed by atoms with E-state index < -0.39 is 0 Å². The smallest absolute Gasteiger partial charge is 0.0595 e. The molecule has 0 aromatic heterocycles. The minimum absolute atomic E-state index is 0.343. The van der Waals surface area contributed by atoms with Gasteiger partial charge < -0.3 is 5.32 Å². The molecule has 1 aromatic carbocycles. The van der Waals surface area contributed by atoms with Gasteiger partial charge in [0.2, 0.25) is 0 Å². The normalized spacial score (nSPS) is 17.7. The third-order valence-corrected chi connectivity index (χ3v) is 5.46. The maximum Gasteiger partial charge on any atom is 0.0595 e. The molecular formula is C18H27Cl2N. The molecule has 0 radical (unpaired) electrons. The van der Waals surface area contributed by atoms with E-state index in [1.165, 1.54) is 44.1 Å². The van der Waals surface area contributed by atoms with Crippen molar-refractivity contribution in [1.82, 2.24) is 5.32 Å². The van der Waals surface area contributed by atoms with Crippen LogP contribution in [0.5, 0.6) is 0 Å². The van der Waals surface area contributed by atoms with E-state index in [2.05, 4.69) is 25.2 Å². The van der Waals surface area contributed by atoms with Crippen molar-refractivity contribution in [3.63, 3.8) is 0 Å². The van der Waals surface area contributed by atoms with Crippen LogP contribution in [0.25, 0.3) is 0 Å². The van der Waals surface area contributed by atoms with Gasteiger partial charge in [0.25, 0.3) is 0 Å². The summed E-state index contributed by atoms with van der Waals surface area (Å²) in [4.78, 5) is 0. The predicted octanol–water partition coefficient (Wildman–Crippen LogP) is 5.87. The molecule has 0 heterocycles. The topological polar surface area (TPSA) is 12.0 Å². The van der Waals surface area contributed by atoms with E-state index in [0.29, 0.717) is 15.5 Å². The lowest BCUT2D eigenvalue weighted by atomic mass is 9.75. The average Bonchev–Trinajstić information content (AvgIpc) is 3.30. The van der Waals surface area contributed by atoms with Gasteiger partial charge in [0.15, 0.2) is 0 Å². The maximum atomic E-state index is 6.18. The molecule has 2 rings (SSSR count). The number of halogens is 2. The molecule has 1 saturated carbocycles. The van der Waals surface area contributed by atoms with Crippen molar-refractivity contribution >= 4 is 23.2 Å². The van der Waals surface area contributed by atoms with Gasteiger partial charge in [0.1, 0.15) is 0 Å². The quantitative estimate of drug-likeness (QED) is 0.597. The molecule has 0 bridgehead atoms. The lowest BCUT2D eigenvalue weighted by molar-refractivity contribution is 0.228. The summed E-state index contributed by atoms with van der Waals surface area (Å²) in [6, 6.07) is 6.86. The molecule has 1 aliphatic rings. The van der Waals surface area contributed by atoms with Gasteiger partial charge in [-0.05, 0) is 55.2 Å². The van der Waals surface area contributed by atoms with Gasteiger partial charge in [-0.3, -0.25) is 0 Å². The molecule has 1 aliphatic carbocycles. The van der Waals surface area contributed by atoms with E-state index in [1.807, 2.05) is 12.1 Å². The summed E-state index contributed by atoms with van der Waals surface area (Å²) in [7, 11) is 0. The molecule has 1 atom stereocenters. The number of nitrogens with one attached hydrogen (secondary N) is 1. The Morgan fingerprint density at radius 2 is 1.95 bits per heavy atom. The molecule has 0 spiro atoms. The van der Waals surface area contributed by atoms with Crippen LogP contribution in [0, 0.1) is 5.41 Å². The van der Waals surface area contributed by atoms with Crippen molar-refractivity contribution in [3.05, 3.63) is 33.8 Å². The summed E-state index contributed by atoms with van der Waals surface area (Å²) in [6.07, 6.45) is 8.81. The van der Waals surface area contributed by atoms with Crippen LogP contribution in [0.2, 0.25) is 10.0 Å². The first-order valence-corrected chi connectivity index (χ1v) is 9.01. The Morgan fingerprint density at radius 3 is 2.52 bits per heavy atom. The Morgan fingerprint density at radius 1 is 1.19 bits per heavy atom. The van der Waals surface area contributed by atoms with Gasteiger partial charge in [0.05, 0.1) is 10.0 Å². The largest absolute Gasteiger partial charge is 0.313 e. The Labute approximate surface area is 139 Å². The maximum absolute atomic E-state index is 6.18. The van der Waals surface area contributed by atoms with Crippen molar-refractivity contribution < 1.29 is 0 Å². The molecule has 118 valence electrons. The molecule has 0 saturated heterocycles. The van der Waals surface area contributed by atoms with Gasteiger partial charge in [0, 0.05) is 12.6 Å². The average molecular weight is 328 g/mol. The first kappa shape index (κ1) is 17.1. The Bertz CT molecular complexity index is 457. The van der Waals surface area contributed by atoms with E-state index in [9.17, 15) is 0 Å². The minimum Gasteiger partial charge on any atom is -0.313 e. The van der Waals surface area contributed by atoms with Crippen LogP contribution in [0.1, 0.15) is 57.9 Å². The van der Waals surface area contributed by atoms with E-state index in [-0.39, 0.29) is 0 Å².